The van der Waals surface area contributed by atoms with Gasteiger partial charge in [-0.1, -0.05) is 18.2 Å². The first-order valence-electron chi connectivity index (χ1n) is 9.19. The molecule has 0 saturated carbocycles. The van der Waals surface area contributed by atoms with Gasteiger partial charge in [-0.2, -0.15) is 0 Å². The number of carbonyl (C=O) groups is 2. The number of amides is 2. The lowest BCUT2D eigenvalue weighted by atomic mass is 10.0. The minimum absolute atomic E-state index is 0.0501. The van der Waals surface area contributed by atoms with Gasteiger partial charge in [-0.15, -0.1) is 0 Å². The van der Waals surface area contributed by atoms with Crippen molar-refractivity contribution < 1.29 is 9.59 Å². The molecule has 0 atom stereocenters. The summed E-state index contributed by atoms with van der Waals surface area (Å²) in [6.07, 6.45) is 4.96. The normalized spacial score (nSPS) is 15.0. The Morgan fingerprint density at radius 1 is 0.962 bits per heavy atom. The van der Waals surface area contributed by atoms with E-state index in [9.17, 15) is 9.59 Å². The molecule has 5 heteroatoms. The van der Waals surface area contributed by atoms with Crippen LogP contribution in [0.15, 0.2) is 36.7 Å². The third-order valence-electron chi connectivity index (χ3n) is 5.14. The SMILES string of the molecule is Cc1ccc(CC(=O)N2CCCN(C(=O)c3ccn(C)c3)CC2)cc1C. The second-order valence-electron chi connectivity index (χ2n) is 7.19. The average Bonchev–Trinajstić information content (AvgIpc) is 2.90. The van der Waals surface area contributed by atoms with Gasteiger partial charge in [0.15, 0.2) is 0 Å². The van der Waals surface area contributed by atoms with Crippen LogP contribution in [-0.4, -0.2) is 52.4 Å². The van der Waals surface area contributed by atoms with Crippen molar-refractivity contribution in [1.29, 1.82) is 0 Å². The largest absolute Gasteiger partial charge is 0.356 e. The van der Waals surface area contributed by atoms with Gasteiger partial charge in [0.1, 0.15) is 0 Å². The molecule has 0 aliphatic carbocycles. The maximum absolute atomic E-state index is 12.7. The first-order valence-corrected chi connectivity index (χ1v) is 9.19. The molecular formula is C21H27N3O2. The van der Waals surface area contributed by atoms with Gasteiger partial charge in [0.05, 0.1) is 12.0 Å². The molecule has 2 heterocycles. The number of hydrogen-bond acceptors (Lipinski definition) is 2. The molecule has 138 valence electrons. The van der Waals surface area contributed by atoms with E-state index in [2.05, 4.69) is 26.0 Å². The molecule has 1 aromatic carbocycles. The highest BCUT2D eigenvalue weighted by Crippen LogP contribution is 2.14. The number of rotatable bonds is 3. The fourth-order valence-electron chi connectivity index (χ4n) is 3.38. The summed E-state index contributed by atoms with van der Waals surface area (Å²) in [6, 6.07) is 8.04. The second-order valence-corrected chi connectivity index (χ2v) is 7.19. The van der Waals surface area contributed by atoms with Crippen LogP contribution in [0.25, 0.3) is 0 Å². The topological polar surface area (TPSA) is 45.6 Å². The van der Waals surface area contributed by atoms with Crippen LogP contribution < -0.4 is 0 Å². The third kappa shape index (κ3) is 4.15. The van der Waals surface area contributed by atoms with Crippen LogP contribution in [0.1, 0.15) is 33.5 Å². The average molecular weight is 353 g/mol. The molecule has 1 aliphatic heterocycles. The van der Waals surface area contributed by atoms with E-state index in [1.54, 1.807) is 0 Å². The highest BCUT2D eigenvalue weighted by molar-refractivity contribution is 5.94. The van der Waals surface area contributed by atoms with E-state index in [-0.39, 0.29) is 11.8 Å². The Kier molecular flexibility index (Phi) is 5.45. The Labute approximate surface area is 155 Å². The van der Waals surface area contributed by atoms with Gasteiger partial charge in [0, 0.05) is 45.6 Å². The van der Waals surface area contributed by atoms with Crippen molar-refractivity contribution in [2.75, 3.05) is 26.2 Å². The van der Waals surface area contributed by atoms with Crippen molar-refractivity contribution >= 4 is 11.8 Å². The zero-order chi connectivity index (χ0) is 18.7. The lowest BCUT2D eigenvalue weighted by Crippen LogP contribution is -2.37. The molecule has 1 saturated heterocycles. The molecule has 1 fully saturated rings. The van der Waals surface area contributed by atoms with E-state index in [4.69, 9.17) is 0 Å². The quantitative estimate of drug-likeness (QED) is 0.851. The van der Waals surface area contributed by atoms with Gasteiger partial charge in [0.25, 0.3) is 5.91 Å². The van der Waals surface area contributed by atoms with Gasteiger partial charge < -0.3 is 14.4 Å². The Morgan fingerprint density at radius 2 is 1.69 bits per heavy atom. The Morgan fingerprint density at radius 3 is 2.38 bits per heavy atom. The number of nitrogens with zero attached hydrogens (tertiary/aromatic N) is 3. The van der Waals surface area contributed by atoms with E-state index >= 15 is 0 Å². The van der Waals surface area contributed by atoms with Crippen molar-refractivity contribution in [3.05, 3.63) is 58.9 Å². The van der Waals surface area contributed by atoms with Crippen molar-refractivity contribution in [3.8, 4) is 0 Å². The molecule has 0 radical (unpaired) electrons. The molecule has 2 amide bonds. The maximum Gasteiger partial charge on any atom is 0.255 e. The lowest BCUT2D eigenvalue weighted by Gasteiger charge is -2.22. The molecule has 5 nitrogen and oxygen atoms in total. The molecule has 0 unspecified atom stereocenters. The predicted molar refractivity (Wildman–Crippen MR) is 102 cm³/mol. The smallest absolute Gasteiger partial charge is 0.255 e. The summed E-state index contributed by atoms with van der Waals surface area (Å²) in [5, 5.41) is 0. The van der Waals surface area contributed by atoms with Gasteiger partial charge >= 0.3 is 0 Å². The molecule has 0 bridgehead atoms. The summed E-state index contributed by atoms with van der Waals surface area (Å²) in [5.41, 5.74) is 4.22. The van der Waals surface area contributed by atoms with Crippen LogP contribution in [0.4, 0.5) is 0 Å². The molecule has 1 aromatic heterocycles. The molecule has 1 aliphatic rings. The van der Waals surface area contributed by atoms with Gasteiger partial charge in [-0.25, -0.2) is 0 Å². The minimum atomic E-state index is 0.0501. The van der Waals surface area contributed by atoms with Crippen molar-refractivity contribution in [2.45, 2.75) is 26.7 Å². The van der Waals surface area contributed by atoms with E-state index in [1.807, 2.05) is 45.9 Å². The van der Waals surface area contributed by atoms with Gasteiger partial charge in [-0.05, 0) is 43.0 Å². The number of benzene rings is 1. The van der Waals surface area contributed by atoms with Crippen molar-refractivity contribution in [1.82, 2.24) is 14.4 Å². The van der Waals surface area contributed by atoms with Crippen molar-refractivity contribution in [3.63, 3.8) is 0 Å². The first-order chi connectivity index (χ1) is 12.4. The van der Waals surface area contributed by atoms with Crippen LogP contribution in [0, 0.1) is 13.8 Å². The van der Waals surface area contributed by atoms with E-state index in [1.165, 1.54) is 11.1 Å². The summed E-state index contributed by atoms with van der Waals surface area (Å²) in [4.78, 5) is 29.1. The number of hydrogen-bond donors (Lipinski definition) is 0. The summed E-state index contributed by atoms with van der Waals surface area (Å²) in [7, 11) is 1.91. The number of aryl methyl sites for hydroxylation is 3. The van der Waals surface area contributed by atoms with E-state index in [0.29, 0.717) is 38.2 Å². The molecule has 0 N–H and O–H groups in total. The lowest BCUT2D eigenvalue weighted by molar-refractivity contribution is -0.130. The van der Waals surface area contributed by atoms with Crippen LogP contribution in [-0.2, 0) is 18.3 Å². The van der Waals surface area contributed by atoms with Crippen LogP contribution in [0.3, 0.4) is 0 Å². The number of carbonyl (C=O) groups excluding carboxylic acids is 2. The zero-order valence-electron chi connectivity index (χ0n) is 15.9. The third-order valence-corrected chi connectivity index (χ3v) is 5.14. The monoisotopic (exact) mass is 353 g/mol. The van der Waals surface area contributed by atoms with Gasteiger partial charge in [0.2, 0.25) is 5.91 Å². The van der Waals surface area contributed by atoms with Crippen LogP contribution in [0.2, 0.25) is 0 Å². The maximum atomic E-state index is 12.7. The Bertz CT molecular complexity index is 809. The summed E-state index contributed by atoms with van der Waals surface area (Å²) in [6.45, 7) is 6.74. The molecule has 2 aromatic rings. The molecule has 0 spiro atoms. The summed E-state index contributed by atoms with van der Waals surface area (Å²) < 4.78 is 1.88. The fourth-order valence-corrected chi connectivity index (χ4v) is 3.38. The first kappa shape index (κ1) is 18.2. The summed E-state index contributed by atoms with van der Waals surface area (Å²) in [5.74, 6) is 0.191. The number of aromatic nitrogens is 1. The van der Waals surface area contributed by atoms with E-state index in [0.717, 1.165) is 12.0 Å². The standard InChI is InChI=1S/C21H27N3O2/c1-16-5-6-18(13-17(16)2)14-20(25)23-8-4-9-24(12-11-23)21(26)19-7-10-22(3)15-19/h5-7,10,13,15H,4,8-9,11-12,14H2,1-3H3. The van der Waals surface area contributed by atoms with E-state index < -0.39 is 0 Å². The van der Waals surface area contributed by atoms with Crippen LogP contribution >= 0.6 is 0 Å². The highest BCUT2D eigenvalue weighted by atomic mass is 16.2. The fraction of sp³-hybridized carbons (Fsp3) is 0.429. The Hall–Kier alpha value is -2.56. The van der Waals surface area contributed by atoms with Gasteiger partial charge in [-0.3, -0.25) is 9.59 Å². The zero-order valence-corrected chi connectivity index (χ0v) is 15.9. The molecule has 3 rings (SSSR count). The highest BCUT2D eigenvalue weighted by Gasteiger charge is 2.23. The van der Waals surface area contributed by atoms with Crippen LogP contribution in [0.5, 0.6) is 0 Å². The Balaban J connectivity index is 1.60. The summed E-state index contributed by atoms with van der Waals surface area (Å²) >= 11 is 0. The van der Waals surface area contributed by atoms with Crippen molar-refractivity contribution in [2.24, 2.45) is 7.05 Å². The minimum Gasteiger partial charge on any atom is -0.356 e. The predicted octanol–water partition coefficient (Wildman–Crippen LogP) is 2.56. The molecule has 26 heavy (non-hydrogen) atoms. The second kappa shape index (κ2) is 7.77. The molecular weight excluding hydrogens is 326 g/mol.